The molecule has 1 saturated heterocycles. The SMILES string of the molecule is CCCCOC(=O)c1ccc(N=C2NC(=O)/C(=C/c3c(Cl)cccc3Cl)S2)cc1. The fraction of sp³-hybridized carbons (Fsp3) is 0.190. The van der Waals surface area contributed by atoms with Gasteiger partial charge in [-0.1, -0.05) is 42.6 Å². The van der Waals surface area contributed by atoms with Crippen LogP contribution in [0.5, 0.6) is 0 Å². The Morgan fingerprint density at radius 2 is 1.86 bits per heavy atom. The molecule has 1 heterocycles. The molecule has 3 rings (SSSR count). The number of rotatable bonds is 6. The number of unbranched alkanes of at least 4 members (excludes halogenated alkanes) is 1. The minimum Gasteiger partial charge on any atom is -0.462 e. The van der Waals surface area contributed by atoms with Gasteiger partial charge in [-0.3, -0.25) is 4.79 Å². The van der Waals surface area contributed by atoms with Crippen molar-refractivity contribution in [3.8, 4) is 0 Å². The second-order valence-corrected chi connectivity index (χ2v) is 8.00. The third-order valence-corrected chi connectivity index (χ3v) is 5.56. The van der Waals surface area contributed by atoms with Crippen molar-refractivity contribution in [2.45, 2.75) is 19.8 Å². The van der Waals surface area contributed by atoms with Crippen molar-refractivity contribution in [1.29, 1.82) is 0 Å². The monoisotopic (exact) mass is 448 g/mol. The van der Waals surface area contributed by atoms with E-state index < -0.39 is 0 Å². The molecule has 1 N–H and O–H groups in total. The van der Waals surface area contributed by atoms with Crippen LogP contribution in [0.25, 0.3) is 6.08 Å². The molecule has 1 amide bonds. The predicted octanol–water partition coefficient (Wildman–Crippen LogP) is 5.84. The molecule has 29 heavy (non-hydrogen) atoms. The number of nitrogens with zero attached hydrogens (tertiary/aromatic N) is 1. The Morgan fingerprint density at radius 1 is 1.17 bits per heavy atom. The third kappa shape index (κ3) is 5.63. The first-order valence-electron chi connectivity index (χ1n) is 8.98. The highest BCUT2D eigenvalue weighted by molar-refractivity contribution is 8.18. The van der Waals surface area contributed by atoms with Crippen LogP contribution in [0.15, 0.2) is 52.4 Å². The first-order chi connectivity index (χ1) is 14.0. The number of hydrogen-bond acceptors (Lipinski definition) is 5. The van der Waals surface area contributed by atoms with E-state index in [1.165, 1.54) is 11.8 Å². The van der Waals surface area contributed by atoms with Crippen LogP contribution >= 0.6 is 35.0 Å². The molecule has 5 nitrogen and oxygen atoms in total. The van der Waals surface area contributed by atoms with Crippen molar-refractivity contribution in [3.63, 3.8) is 0 Å². The van der Waals surface area contributed by atoms with E-state index in [2.05, 4.69) is 10.3 Å². The summed E-state index contributed by atoms with van der Waals surface area (Å²) in [7, 11) is 0. The number of carbonyl (C=O) groups excluding carboxylic acids is 2. The van der Waals surface area contributed by atoms with Gasteiger partial charge < -0.3 is 10.1 Å². The first kappa shape index (κ1) is 21.4. The van der Waals surface area contributed by atoms with Crippen molar-refractivity contribution in [2.75, 3.05) is 6.61 Å². The number of carbonyl (C=O) groups is 2. The lowest BCUT2D eigenvalue weighted by Crippen LogP contribution is -2.19. The van der Waals surface area contributed by atoms with Gasteiger partial charge in [-0.05, 0) is 60.7 Å². The third-order valence-electron chi connectivity index (χ3n) is 3.99. The molecule has 0 bridgehead atoms. The van der Waals surface area contributed by atoms with Crippen molar-refractivity contribution >= 4 is 63.8 Å². The molecule has 2 aromatic rings. The average molecular weight is 449 g/mol. The van der Waals surface area contributed by atoms with Crippen LogP contribution in [-0.4, -0.2) is 23.7 Å². The average Bonchev–Trinajstić information content (AvgIpc) is 3.04. The van der Waals surface area contributed by atoms with Gasteiger partial charge in [0, 0.05) is 15.6 Å². The van der Waals surface area contributed by atoms with Crippen LogP contribution in [0.3, 0.4) is 0 Å². The molecule has 0 aliphatic carbocycles. The highest BCUT2D eigenvalue weighted by Gasteiger charge is 2.24. The maximum absolute atomic E-state index is 12.2. The van der Waals surface area contributed by atoms with E-state index in [9.17, 15) is 9.59 Å². The smallest absolute Gasteiger partial charge is 0.338 e. The summed E-state index contributed by atoms with van der Waals surface area (Å²) in [5.74, 6) is -0.635. The Bertz CT molecular complexity index is 968. The lowest BCUT2D eigenvalue weighted by Gasteiger charge is -2.04. The minimum atomic E-state index is -0.358. The Balaban J connectivity index is 1.71. The second kappa shape index (κ2) is 9.96. The molecule has 0 saturated carbocycles. The lowest BCUT2D eigenvalue weighted by molar-refractivity contribution is -0.115. The summed E-state index contributed by atoms with van der Waals surface area (Å²) in [4.78, 5) is 29.0. The molecule has 150 valence electrons. The van der Waals surface area contributed by atoms with Crippen LogP contribution in [0.2, 0.25) is 10.0 Å². The largest absolute Gasteiger partial charge is 0.462 e. The zero-order valence-electron chi connectivity index (χ0n) is 15.6. The van der Waals surface area contributed by atoms with Crippen LogP contribution in [0, 0.1) is 0 Å². The Hall–Kier alpha value is -2.28. The quantitative estimate of drug-likeness (QED) is 0.342. The summed E-state index contributed by atoms with van der Waals surface area (Å²) in [6.45, 7) is 2.44. The van der Waals surface area contributed by atoms with Gasteiger partial charge in [-0.15, -0.1) is 0 Å². The molecule has 8 heteroatoms. The molecule has 1 aliphatic rings. The number of hydrogen-bond donors (Lipinski definition) is 1. The van der Waals surface area contributed by atoms with Crippen molar-refractivity contribution in [2.24, 2.45) is 4.99 Å². The summed E-state index contributed by atoms with van der Waals surface area (Å²) < 4.78 is 5.18. The van der Waals surface area contributed by atoms with E-state index in [0.29, 0.717) is 43.5 Å². The van der Waals surface area contributed by atoms with Crippen LogP contribution in [0.1, 0.15) is 35.7 Å². The molecule has 1 fully saturated rings. The number of amides is 1. The zero-order chi connectivity index (χ0) is 20.8. The topological polar surface area (TPSA) is 67.8 Å². The number of ether oxygens (including phenoxy) is 1. The number of thioether (sulfide) groups is 1. The summed E-state index contributed by atoms with van der Waals surface area (Å²) in [5.41, 5.74) is 1.65. The lowest BCUT2D eigenvalue weighted by atomic mass is 10.2. The fourth-order valence-corrected chi connectivity index (χ4v) is 3.77. The van der Waals surface area contributed by atoms with Crippen LogP contribution in [0.4, 0.5) is 5.69 Å². The van der Waals surface area contributed by atoms with Crippen molar-refractivity contribution in [1.82, 2.24) is 5.32 Å². The van der Waals surface area contributed by atoms with Gasteiger partial charge in [-0.2, -0.15) is 0 Å². The molecule has 1 aliphatic heterocycles. The molecule has 0 aromatic heterocycles. The van der Waals surface area contributed by atoms with Gasteiger partial charge in [-0.25, -0.2) is 9.79 Å². The fourth-order valence-electron chi connectivity index (χ4n) is 2.44. The zero-order valence-corrected chi connectivity index (χ0v) is 17.9. The van der Waals surface area contributed by atoms with E-state index in [-0.39, 0.29) is 11.9 Å². The van der Waals surface area contributed by atoms with Gasteiger partial charge >= 0.3 is 5.97 Å². The van der Waals surface area contributed by atoms with E-state index in [0.717, 1.165) is 12.8 Å². The number of esters is 1. The van der Waals surface area contributed by atoms with Crippen molar-refractivity contribution in [3.05, 3.63) is 68.5 Å². The molecular weight excluding hydrogens is 431 g/mol. The standard InChI is InChI=1S/C21H18Cl2N2O3S/c1-2-3-11-28-20(27)13-7-9-14(10-8-13)24-21-25-19(26)18(29-21)12-15-16(22)5-4-6-17(15)23/h4-10,12H,2-3,11H2,1H3,(H,24,25,26)/b18-12-. The number of halogens is 2. The predicted molar refractivity (Wildman–Crippen MR) is 119 cm³/mol. The van der Waals surface area contributed by atoms with Gasteiger partial charge in [0.15, 0.2) is 5.17 Å². The number of nitrogens with one attached hydrogen (secondary N) is 1. The highest BCUT2D eigenvalue weighted by Crippen LogP contribution is 2.32. The van der Waals surface area contributed by atoms with E-state index in [4.69, 9.17) is 27.9 Å². The van der Waals surface area contributed by atoms with Crippen LogP contribution < -0.4 is 5.32 Å². The molecule has 2 aromatic carbocycles. The number of benzene rings is 2. The van der Waals surface area contributed by atoms with Gasteiger partial charge in [0.05, 0.1) is 22.8 Å². The molecular formula is C21H18Cl2N2O3S. The molecule has 0 radical (unpaired) electrons. The maximum Gasteiger partial charge on any atom is 0.338 e. The number of aliphatic imine (C=N–C) groups is 1. The van der Waals surface area contributed by atoms with Gasteiger partial charge in [0.1, 0.15) is 0 Å². The summed E-state index contributed by atoms with van der Waals surface area (Å²) in [6, 6.07) is 11.9. The van der Waals surface area contributed by atoms with Crippen LogP contribution in [-0.2, 0) is 9.53 Å². The molecule has 0 spiro atoms. The molecule has 0 atom stereocenters. The summed E-state index contributed by atoms with van der Waals surface area (Å²) >= 11 is 13.5. The molecule has 0 unspecified atom stereocenters. The Labute approximate surface area is 183 Å². The van der Waals surface area contributed by atoms with E-state index in [1.54, 1.807) is 48.5 Å². The Morgan fingerprint density at radius 3 is 2.52 bits per heavy atom. The normalized spacial score (nSPS) is 16.3. The summed E-state index contributed by atoms with van der Waals surface area (Å²) in [6.07, 6.45) is 3.44. The maximum atomic E-state index is 12.2. The van der Waals surface area contributed by atoms with Crippen molar-refractivity contribution < 1.29 is 14.3 Å². The van der Waals surface area contributed by atoms with E-state index in [1.807, 2.05) is 6.92 Å². The summed E-state index contributed by atoms with van der Waals surface area (Å²) in [5, 5.41) is 4.07. The number of amidine groups is 1. The van der Waals surface area contributed by atoms with Gasteiger partial charge in [0.25, 0.3) is 5.91 Å². The Kier molecular flexibility index (Phi) is 7.36. The van der Waals surface area contributed by atoms with E-state index >= 15 is 0 Å². The minimum absolute atomic E-state index is 0.277. The first-order valence-corrected chi connectivity index (χ1v) is 10.6. The second-order valence-electron chi connectivity index (χ2n) is 6.15. The van der Waals surface area contributed by atoms with Gasteiger partial charge in [0.2, 0.25) is 0 Å². The highest BCUT2D eigenvalue weighted by atomic mass is 35.5.